The third kappa shape index (κ3) is 6.20. The molecule has 1 aliphatic rings. The molecular weight excluding hydrogens is 331 g/mol. The number of halogens is 1. The quantitative estimate of drug-likeness (QED) is 0.816. The van der Waals surface area contributed by atoms with Gasteiger partial charge in [0.25, 0.3) is 0 Å². The first-order valence-corrected chi connectivity index (χ1v) is 10.2. The number of carbonyl (C=O) groups excluding carboxylic acids is 1. The molecule has 0 bridgehead atoms. The first-order valence-electron chi connectivity index (χ1n) is 8.33. The normalized spacial score (nSPS) is 16.3. The summed E-state index contributed by atoms with van der Waals surface area (Å²) in [4.78, 5) is 12.1. The molecule has 1 fully saturated rings. The Balaban J connectivity index is 1.89. The largest absolute Gasteiger partial charge is 0.353 e. The van der Waals surface area contributed by atoms with E-state index in [2.05, 4.69) is 5.32 Å². The van der Waals surface area contributed by atoms with Crippen LogP contribution in [0.4, 0.5) is 4.39 Å². The van der Waals surface area contributed by atoms with Gasteiger partial charge < -0.3 is 5.32 Å². The molecule has 7 heteroatoms. The fourth-order valence-electron chi connectivity index (χ4n) is 2.93. The van der Waals surface area contributed by atoms with E-state index in [-0.39, 0.29) is 37.3 Å². The summed E-state index contributed by atoms with van der Waals surface area (Å²) in [6.07, 6.45) is 6.72. The maximum atomic E-state index is 12.9. The predicted octanol–water partition coefficient (Wildman–Crippen LogP) is 2.43. The number of nitrogens with zero attached hydrogens (tertiary/aromatic N) is 1. The van der Waals surface area contributed by atoms with Crippen LogP contribution in [0.2, 0.25) is 0 Å². The number of amides is 1. The molecule has 0 radical (unpaired) electrons. The summed E-state index contributed by atoms with van der Waals surface area (Å²) in [5.41, 5.74) is 0.689. The first kappa shape index (κ1) is 18.9. The van der Waals surface area contributed by atoms with Gasteiger partial charge in [-0.2, -0.15) is 4.31 Å². The van der Waals surface area contributed by atoms with Crippen molar-refractivity contribution < 1.29 is 17.6 Å². The molecule has 2 rings (SSSR count). The summed E-state index contributed by atoms with van der Waals surface area (Å²) in [5.74, 6) is -0.480. The van der Waals surface area contributed by atoms with E-state index in [1.165, 1.54) is 22.9 Å². The molecule has 0 aromatic heterocycles. The van der Waals surface area contributed by atoms with Crippen LogP contribution in [-0.4, -0.2) is 37.5 Å². The molecule has 0 atom stereocenters. The number of sulfonamides is 1. The molecule has 1 aliphatic carbocycles. The Morgan fingerprint density at radius 3 is 2.42 bits per heavy atom. The lowest BCUT2D eigenvalue weighted by atomic mass is 9.95. The number of nitrogens with one attached hydrogen (secondary N) is 1. The Kier molecular flexibility index (Phi) is 6.74. The Labute approximate surface area is 143 Å². The number of hydrogen-bond donors (Lipinski definition) is 1. The lowest BCUT2D eigenvalue weighted by molar-refractivity contribution is -0.122. The standard InChI is InChI=1S/C17H25FN2O3S/c1-24(22,23)20(13-14-7-9-15(18)10-8-14)12-11-17(21)19-16-5-3-2-4-6-16/h7-10,16H,2-6,11-13H2,1H3,(H,19,21). The van der Waals surface area contributed by atoms with Crippen molar-refractivity contribution in [3.63, 3.8) is 0 Å². The minimum atomic E-state index is -3.44. The molecule has 0 heterocycles. The molecule has 0 spiro atoms. The summed E-state index contributed by atoms with van der Waals surface area (Å²) in [6, 6.07) is 5.91. The smallest absolute Gasteiger partial charge is 0.221 e. The highest BCUT2D eigenvalue weighted by Crippen LogP contribution is 2.17. The van der Waals surface area contributed by atoms with Crippen LogP contribution in [0.1, 0.15) is 44.1 Å². The molecule has 0 unspecified atom stereocenters. The Bertz CT molecular complexity index is 640. The van der Waals surface area contributed by atoms with E-state index in [0.717, 1.165) is 31.9 Å². The molecule has 0 aliphatic heterocycles. The minimum absolute atomic E-state index is 0.116. The number of hydrogen-bond acceptors (Lipinski definition) is 3. The van der Waals surface area contributed by atoms with Gasteiger partial charge in [-0.25, -0.2) is 12.8 Å². The van der Waals surface area contributed by atoms with Gasteiger partial charge in [-0.3, -0.25) is 4.79 Å². The second kappa shape index (κ2) is 8.58. The van der Waals surface area contributed by atoms with E-state index >= 15 is 0 Å². The van der Waals surface area contributed by atoms with E-state index in [9.17, 15) is 17.6 Å². The summed E-state index contributed by atoms with van der Waals surface area (Å²) >= 11 is 0. The highest BCUT2D eigenvalue weighted by atomic mass is 32.2. The van der Waals surface area contributed by atoms with E-state index in [0.29, 0.717) is 5.56 Å². The van der Waals surface area contributed by atoms with E-state index in [1.807, 2.05) is 0 Å². The van der Waals surface area contributed by atoms with Crippen LogP contribution in [0.25, 0.3) is 0 Å². The van der Waals surface area contributed by atoms with Gasteiger partial charge >= 0.3 is 0 Å². The molecule has 1 saturated carbocycles. The Morgan fingerprint density at radius 2 is 1.83 bits per heavy atom. The van der Waals surface area contributed by atoms with Gasteiger partial charge in [0.15, 0.2) is 0 Å². The third-order valence-corrected chi connectivity index (χ3v) is 5.55. The highest BCUT2D eigenvalue weighted by Gasteiger charge is 2.20. The molecule has 0 saturated heterocycles. The van der Waals surface area contributed by atoms with Crippen LogP contribution in [0.5, 0.6) is 0 Å². The maximum Gasteiger partial charge on any atom is 0.221 e. The van der Waals surface area contributed by atoms with Gasteiger partial charge in [0.1, 0.15) is 5.82 Å². The van der Waals surface area contributed by atoms with E-state index in [1.54, 1.807) is 12.1 Å². The van der Waals surface area contributed by atoms with Gasteiger partial charge in [-0.05, 0) is 30.5 Å². The SMILES string of the molecule is CS(=O)(=O)N(CCC(=O)NC1CCCCC1)Cc1ccc(F)cc1. The summed E-state index contributed by atoms with van der Waals surface area (Å²) in [7, 11) is -3.44. The fourth-order valence-corrected chi connectivity index (χ4v) is 3.74. The average Bonchev–Trinajstić information content (AvgIpc) is 2.53. The van der Waals surface area contributed by atoms with Crippen LogP contribution in [-0.2, 0) is 21.4 Å². The van der Waals surface area contributed by atoms with Crippen LogP contribution >= 0.6 is 0 Å². The van der Waals surface area contributed by atoms with Gasteiger partial charge in [-0.15, -0.1) is 0 Å². The van der Waals surface area contributed by atoms with Gasteiger partial charge in [0.05, 0.1) is 6.26 Å². The van der Waals surface area contributed by atoms with Crippen molar-refractivity contribution in [3.8, 4) is 0 Å². The molecule has 1 aromatic carbocycles. The number of rotatable bonds is 7. The molecule has 1 N–H and O–H groups in total. The second-order valence-electron chi connectivity index (χ2n) is 6.38. The second-order valence-corrected chi connectivity index (χ2v) is 8.36. The third-order valence-electron chi connectivity index (χ3n) is 4.30. The van der Waals surface area contributed by atoms with Crippen molar-refractivity contribution in [1.82, 2.24) is 9.62 Å². The fraction of sp³-hybridized carbons (Fsp3) is 0.588. The topological polar surface area (TPSA) is 66.5 Å². The van der Waals surface area contributed by atoms with Gasteiger partial charge in [0.2, 0.25) is 15.9 Å². The Hall–Kier alpha value is -1.47. The van der Waals surface area contributed by atoms with Crippen molar-refractivity contribution in [1.29, 1.82) is 0 Å². The Morgan fingerprint density at radius 1 is 1.21 bits per heavy atom. The lowest BCUT2D eigenvalue weighted by Gasteiger charge is -2.24. The molecule has 1 amide bonds. The minimum Gasteiger partial charge on any atom is -0.353 e. The molecule has 1 aromatic rings. The monoisotopic (exact) mass is 356 g/mol. The molecule has 134 valence electrons. The van der Waals surface area contributed by atoms with Gasteiger partial charge in [-0.1, -0.05) is 31.4 Å². The van der Waals surface area contributed by atoms with Crippen molar-refractivity contribution in [2.75, 3.05) is 12.8 Å². The zero-order valence-corrected chi connectivity index (χ0v) is 14.8. The average molecular weight is 356 g/mol. The maximum absolute atomic E-state index is 12.9. The van der Waals surface area contributed by atoms with Crippen LogP contribution in [0, 0.1) is 5.82 Å². The van der Waals surface area contributed by atoms with E-state index in [4.69, 9.17) is 0 Å². The van der Waals surface area contributed by atoms with Crippen molar-refractivity contribution in [2.45, 2.75) is 51.1 Å². The highest BCUT2D eigenvalue weighted by molar-refractivity contribution is 7.88. The summed E-state index contributed by atoms with van der Waals surface area (Å²) < 4.78 is 38.1. The first-order chi connectivity index (χ1) is 11.3. The predicted molar refractivity (Wildman–Crippen MR) is 91.3 cm³/mol. The van der Waals surface area contributed by atoms with E-state index < -0.39 is 10.0 Å². The number of benzene rings is 1. The number of carbonyl (C=O) groups is 1. The van der Waals surface area contributed by atoms with Gasteiger partial charge in [0, 0.05) is 25.6 Å². The molecule has 24 heavy (non-hydrogen) atoms. The van der Waals surface area contributed by atoms with Crippen LogP contribution < -0.4 is 5.32 Å². The zero-order valence-electron chi connectivity index (χ0n) is 14.0. The van der Waals surface area contributed by atoms with Crippen molar-refractivity contribution in [3.05, 3.63) is 35.6 Å². The summed E-state index contributed by atoms with van der Waals surface area (Å²) in [6.45, 7) is 0.255. The van der Waals surface area contributed by atoms with Crippen molar-refractivity contribution >= 4 is 15.9 Å². The van der Waals surface area contributed by atoms with Crippen LogP contribution in [0.15, 0.2) is 24.3 Å². The van der Waals surface area contributed by atoms with Crippen LogP contribution in [0.3, 0.4) is 0 Å². The zero-order chi connectivity index (χ0) is 17.6. The summed E-state index contributed by atoms with van der Waals surface area (Å²) in [5, 5.41) is 2.99. The molecule has 5 nitrogen and oxygen atoms in total. The lowest BCUT2D eigenvalue weighted by Crippen LogP contribution is -2.39. The van der Waals surface area contributed by atoms with Crippen molar-refractivity contribution in [2.24, 2.45) is 0 Å². The molecular formula is C17H25FN2O3S.